The van der Waals surface area contributed by atoms with Gasteiger partial charge in [-0.25, -0.2) is 18.4 Å². The standard InChI is InChI=1S/C24H24N4O2S/c1-17-12-13-18(2)22(16-17)31(29,30)28-24-23(25-15-14-19-8-4-3-5-9-19)26-20-10-6-7-11-21(20)27-24/h3-13,16H,14-15H2,1-2H3,(H,25,26)(H,27,28). The number of aromatic nitrogens is 2. The Morgan fingerprint density at radius 2 is 1.45 bits per heavy atom. The number of nitrogens with zero attached hydrogens (tertiary/aromatic N) is 2. The van der Waals surface area contributed by atoms with Crippen LogP contribution in [0.15, 0.2) is 77.7 Å². The zero-order valence-electron chi connectivity index (χ0n) is 17.5. The highest BCUT2D eigenvalue weighted by molar-refractivity contribution is 7.92. The largest absolute Gasteiger partial charge is 0.367 e. The van der Waals surface area contributed by atoms with Crippen LogP contribution in [0.1, 0.15) is 16.7 Å². The number of fused-ring (bicyclic) bond motifs is 1. The van der Waals surface area contributed by atoms with Gasteiger partial charge in [0.2, 0.25) is 0 Å². The van der Waals surface area contributed by atoms with E-state index in [0.29, 0.717) is 29.0 Å². The molecule has 7 heteroatoms. The van der Waals surface area contributed by atoms with Gasteiger partial charge in [0.1, 0.15) is 0 Å². The normalized spacial score (nSPS) is 11.4. The summed E-state index contributed by atoms with van der Waals surface area (Å²) in [5, 5.41) is 3.25. The molecule has 0 aliphatic heterocycles. The van der Waals surface area contributed by atoms with Crippen molar-refractivity contribution in [3.63, 3.8) is 0 Å². The maximum absolute atomic E-state index is 13.2. The van der Waals surface area contributed by atoms with E-state index in [9.17, 15) is 8.42 Å². The number of anilines is 2. The number of hydrogen-bond acceptors (Lipinski definition) is 5. The van der Waals surface area contributed by atoms with E-state index in [2.05, 4.69) is 32.1 Å². The molecule has 4 rings (SSSR count). The third kappa shape index (κ3) is 4.83. The van der Waals surface area contributed by atoms with Gasteiger partial charge in [0, 0.05) is 6.54 Å². The van der Waals surface area contributed by atoms with E-state index in [-0.39, 0.29) is 10.7 Å². The number of para-hydroxylation sites is 2. The van der Waals surface area contributed by atoms with E-state index in [4.69, 9.17) is 0 Å². The summed E-state index contributed by atoms with van der Waals surface area (Å²) in [4.78, 5) is 9.41. The van der Waals surface area contributed by atoms with E-state index >= 15 is 0 Å². The minimum absolute atomic E-state index is 0.188. The zero-order valence-corrected chi connectivity index (χ0v) is 18.3. The number of rotatable bonds is 7. The van der Waals surface area contributed by atoms with Gasteiger partial charge < -0.3 is 5.32 Å². The minimum Gasteiger partial charge on any atom is -0.367 e. The van der Waals surface area contributed by atoms with Crippen LogP contribution in [-0.2, 0) is 16.4 Å². The average Bonchev–Trinajstić information content (AvgIpc) is 2.76. The van der Waals surface area contributed by atoms with E-state index in [1.165, 1.54) is 5.56 Å². The molecule has 6 nitrogen and oxygen atoms in total. The van der Waals surface area contributed by atoms with Crippen molar-refractivity contribution in [1.82, 2.24) is 9.97 Å². The molecule has 0 saturated heterocycles. The molecule has 0 radical (unpaired) electrons. The molecule has 31 heavy (non-hydrogen) atoms. The Morgan fingerprint density at radius 1 is 0.806 bits per heavy atom. The van der Waals surface area contributed by atoms with Gasteiger partial charge in [0.25, 0.3) is 10.0 Å². The van der Waals surface area contributed by atoms with Crippen LogP contribution in [0.5, 0.6) is 0 Å². The smallest absolute Gasteiger partial charge is 0.263 e. The molecule has 0 unspecified atom stereocenters. The molecule has 0 atom stereocenters. The molecule has 0 aliphatic rings. The van der Waals surface area contributed by atoms with Crippen LogP contribution < -0.4 is 10.0 Å². The van der Waals surface area contributed by atoms with Gasteiger partial charge in [0.15, 0.2) is 11.6 Å². The highest BCUT2D eigenvalue weighted by Crippen LogP contribution is 2.26. The molecule has 158 valence electrons. The van der Waals surface area contributed by atoms with E-state index in [0.717, 1.165) is 12.0 Å². The van der Waals surface area contributed by atoms with Crippen LogP contribution in [0, 0.1) is 13.8 Å². The highest BCUT2D eigenvalue weighted by atomic mass is 32.2. The van der Waals surface area contributed by atoms with Crippen molar-refractivity contribution in [2.75, 3.05) is 16.6 Å². The Morgan fingerprint density at radius 3 is 2.16 bits per heavy atom. The first kappa shape index (κ1) is 20.8. The molecule has 1 heterocycles. The predicted molar refractivity (Wildman–Crippen MR) is 125 cm³/mol. The Kier molecular flexibility index (Phi) is 5.86. The molecular formula is C24H24N4O2S. The fraction of sp³-hybridized carbons (Fsp3) is 0.167. The van der Waals surface area contributed by atoms with Gasteiger partial charge in [-0.1, -0.05) is 54.6 Å². The molecule has 0 saturated carbocycles. The van der Waals surface area contributed by atoms with Crippen LogP contribution in [0.2, 0.25) is 0 Å². The van der Waals surface area contributed by atoms with Crippen LogP contribution in [-0.4, -0.2) is 24.9 Å². The Bertz CT molecular complexity index is 1320. The molecule has 3 aromatic carbocycles. The lowest BCUT2D eigenvalue weighted by Gasteiger charge is -2.15. The number of benzene rings is 3. The van der Waals surface area contributed by atoms with Crippen molar-refractivity contribution >= 4 is 32.7 Å². The number of aryl methyl sites for hydroxylation is 2. The second-order valence-corrected chi connectivity index (χ2v) is 9.10. The summed E-state index contributed by atoms with van der Waals surface area (Å²) in [6.45, 7) is 4.24. The first-order valence-electron chi connectivity index (χ1n) is 10.1. The second-order valence-electron chi connectivity index (χ2n) is 7.45. The molecule has 4 aromatic rings. The van der Waals surface area contributed by atoms with Crippen molar-refractivity contribution in [3.8, 4) is 0 Å². The van der Waals surface area contributed by atoms with Gasteiger partial charge in [0.05, 0.1) is 15.9 Å². The number of sulfonamides is 1. The highest BCUT2D eigenvalue weighted by Gasteiger charge is 2.21. The van der Waals surface area contributed by atoms with Crippen LogP contribution in [0.3, 0.4) is 0 Å². The molecular weight excluding hydrogens is 408 g/mol. The third-order valence-corrected chi connectivity index (χ3v) is 6.46. The lowest BCUT2D eigenvalue weighted by molar-refractivity contribution is 0.600. The Hall–Kier alpha value is -3.45. The zero-order chi connectivity index (χ0) is 21.8. The predicted octanol–water partition coefficient (Wildman–Crippen LogP) is 4.70. The number of hydrogen-bond donors (Lipinski definition) is 2. The summed E-state index contributed by atoms with van der Waals surface area (Å²) in [6, 6.07) is 22.8. The van der Waals surface area contributed by atoms with Crippen molar-refractivity contribution in [2.45, 2.75) is 25.2 Å². The number of nitrogens with one attached hydrogen (secondary N) is 2. The van der Waals surface area contributed by atoms with E-state index < -0.39 is 10.0 Å². The Balaban J connectivity index is 1.66. The quantitative estimate of drug-likeness (QED) is 0.442. The van der Waals surface area contributed by atoms with Crippen LogP contribution in [0.4, 0.5) is 11.6 Å². The van der Waals surface area contributed by atoms with Crippen LogP contribution in [0.25, 0.3) is 11.0 Å². The van der Waals surface area contributed by atoms with Crippen molar-refractivity contribution in [2.24, 2.45) is 0 Å². The first-order valence-corrected chi connectivity index (χ1v) is 11.6. The topological polar surface area (TPSA) is 84.0 Å². The van der Waals surface area contributed by atoms with Crippen molar-refractivity contribution in [1.29, 1.82) is 0 Å². The summed E-state index contributed by atoms with van der Waals surface area (Å²) in [5.41, 5.74) is 4.04. The summed E-state index contributed by atoms with van der Waals surface area (Å²) in [6.07, 6.45) is 0.776. The lowest BCUT2D eigenvalue weighted by atomic mass is 10.1. The molecule has 0 bridgehead atoms. The van der Waals surface area contributed by atoms with Gasteiger partial charge in [-0.05, 0) is 55.2 Å². The third-order valence-electron chi connectivity index (χ3n) is 4.98. The lowest BCUT2D eigenvalue weighted by Crippen LogP contribution is -2.18. The van der Waals surface area contributed by atoms with Crippen LogP contribution >= 0.6 is 0 Å². The summed E-state index contributed by atoms with van der Waals surface area (Å²) in [5.74, 6) is 0.594. The Labute approximate surface area is 182 Å². The molecule has 0 aliphatic carbocycles. The summed E-state index contributed by atoms with van der Waals surface area (Å²) in [7, 11) is -3.83. The van der Waals surface area contributed by atoms with Gasteiger partial charge in [-0.3, -0.25) is 4.72 Å². The monoisotopic (exact) mass is 432 g/mol. The molecule has 0 fully saturated rings. The fourth-order valence-electron chi connectivity index (χ4n) is 3.34. The van der Waals surface area contributed by atoms with Crippen molar-refractivity contribution < 1.29 is 8.42 Å². The molecule has 0 amide bonds. The van der Waals surface area contributed by atoms with E-state index in [1.54, 1.807) is 19.1 Å². The maximum atomic E-state index is 13.2. The maximum Gasteiger partial charge on any atom is 0.263 e. The van der Waals surface area contributed by atoms with Crippen molar-refractivity contribution in [3.05, 3.63) is 89.5 Å². The van der Waals surface area contributed by atoms with Gasteiger partial charge in [-0.2, -0.15) is 0 Å². The van der Waals surface area contributed by atoms with Gasteiger partial charge >= 0.3 is 0 Å². The average molecular weight is 433 g/mol. The summed E-state index contributed by atoms with van der Waals surface area (Å²) < 4.78 is 29.0. The minimum atomic E-state index is -3.83. The summed E-state index contributed by atoms with van der Waals surface area (Å²) >= 11 is 0. The van der Waals surface area contributed by atoms with Gasteiger partial charge in [-0.15, -0.1) is 0 Å². The molecule has 1 aromatic heterocycles. The second kappa shape index (κ2) is 8.73. The van der Waals surface area contributed by atoms with E-state index in [1.807, 2.05) is 55.5 Å². The SMILES string of the molecule is Cc1ccc(C)c(S(=O)(=O)Nc2nc3ccccc3nc2NCCc2ccccc2)c1. The first-order chi connectivity index (χ1) is 14.9. The molecule has 2 N–H and O–H groups in total. The molecule has 0 spiro atoms. The fourth-order valence-corrected chi connectivity index (χ4v) is 4.68.